The third-order valence-corrected chi connectivity index (χ3v) is 3.58. The molecule has 19 heavy (non-hydrogen) atoms. The molecule has 0 aliphatic carbocycles. The standard InChI is InChI=1S/C14H25NO4/c1-3-18-11-14(10-16,13(17)19-4-2)9-12-5-7-15-8-6-12/h10,12,15H,3-9,11H2,1-2H3. The third kappa shape index (κ3) is 4.58. The lowest BCUT2D eigenvalue weighted by atomic mass is 9.78. The summed E-state index contributed by atoms with van der Waals surface area (Å²) in [5.74, 6) is -0.0757. The van der Waals surface area contributed by atoms with Crippen LogP contribution in [0.15, 0.2) is 0 Å². The maximum atomic E-state index is 12.1. The minimum absolute atomic E-state index is 0.121. The highest BCUT2D eigenvalue weighted by atomic mass is 16.5. The number of rotatable bonds is 8. The van der Waals surface area contributed by atoms with E-state index >= 15 is 0 Å². The number of carbonyl (C=O) groups excluding carboxylic acids is 2. The van der Waals surface area contributed by atoms with Crippen molar-refractivity contribution in [3.05, 3.63) is 0 Å². The summed E-state index contributed by atoms with van der Waals surface area (Å²) < 4.78 is 10.4. The lowest BCUT2D eigenvalue weighted by molar-refractivity contribution is -0.162. The average molecular weight is 271 g/mol. The maximum Gasteiger partial charge on any atom is 0.321 e. The van der Waals surface area contributed by atoms with Crippen molar-refractivity contribution in [3.63, 3.8) is 0 Å². The second-order valence-corrected chi connectivity index (χ2v) is 5.03. The predicted molar refractivity (Wildman–Crippen MR) is 71.8 cm³/mol. The Morgan fingerprint density at radius 2 is 2.00 bits per heavy atom. The molecular weight excluding hydrogens is 246 g/mol. The largest absolute Gasteiger partial charge is 0.465 e. The van der Waals surface area contributed by atoms with Crippen LogP contribution < -0.4 is 5.32 Å². The van der Waals surface area contributed by atoms with E-state index in [9.17, 15) is 9.59 Å². The van der Waals surface area contributed by atoms with Gasteiger partial charge in [0.25, 0.3) is 0 Å². The average Bonchev–Trinajstić information content (AvgIpc) is 2.45. The number of ether oxygens (including phenoxy) is 2. The van der Waals surface area contributed by atoms with Crippen molar-refractivity contribution < 1.29 is 19.1 Å². The molecule has 1 N–H and O–H groups in total. The van der Waals surface area contributed by atoms with Crippen molar-refractivity contribution >= 4 is 12.3 Å². The second kappa shape index (κ2) is 8.27. The van der Waals surface area contributed by atoms with Crippen LogP contribution in [0.25, 0.3) is 0 Å². The van der Waals surface area contributed by atoms with Gasteiger partial charge in [-0.25, -0.2) is 0 Å². The van der Waals surface area contributed by atoms with Crippen molar-refractivity contribution in [3.8, 4) is 0 Å². The Morgan fingerprint density at radius 1 is 1.32 bits per heavy atom. The number of aldehydes is 1. The first-order valence-electron chi connectivity index (χ1n) is 7.10. The minimum Gasteiger partial charge on any atom is -0.465 e. The highest BCUT2D eigenvalue weighted by Crippen LogP contribution is 2.31. The zero-order valence-corrected chi connectivity index (χ0v) is 11.9. The van der Waals surface area contributed by atoms with E-state index in [0.717, 1.165) is 32.2 Å². The first-order valence-corrected chi connectivity index (χ1v) is 7.10. The van der Waals surface area contributed by atoms with Crippen LogP contribution in [-0.4, -0.2) is 45.2 Å². The van der Waals surface area contributed by atoms with Crippen molar-refractivity contribution in [1.82, 2.24) is 5.32 Å². The van der Waals surface area contributed by atoms with Crippen molar-refractivity contribution in [2.45, 2.75) is 33.1 Å². The molecule has 0 saturated carbocycles. The molecule has 1 fully saturated rings. The molecule has 5 nitrogen and oxygen atoms in total. The summed E-state index contributed by atoms with van der Waals surface area (Å²) in [5.41, 5.74) is -1.13. The number of esters is 1. The van der Waals surface area contributed by atoms with Crippen LogP contribution in [0.5, 0.6) is 0 Å². The van der Waals surface area contributed by atoms with Crippen LogP contribution in [-0.2, 0) is 19.1 Å². The van der Waals surface area contributed by atoms with Gasteiger partial charge in [0.1, 0.15) is 11.7 Å². The Balaban J connectivity index is 2.75. The van der Waals surface area contributed by atoms with Crippen molar-refractivity contribution in [2.75, 3.05) is 32.9 Å². The first-order chi connectivity index (χ1) is 9.18. The van der Waals surface area contributed by atoms with Gasteiger partial charge in [0.2, 0.25) is 0 Å². The van der Waals surface area contributed by atoms with Crippen LogP contribution in [0.4, 0.5) is 0 Å². The molecule has 0 radical (unpaired) electrons. The summed E-state index contributed by atoms with van der Waals surface area (Å²) in [5, 5.41) is 3.28. The van der Waals surface area contributed by atoms with E-state index in [1.165, 1.54) is 0 Å². The monoisotopic (exact) mass is 271 g/mol. The van der Waals surface area contributed by atoms with Gasteiger partial charge in [-0.05, 0) is 52.1 Å². The molecule has 1 aliphatic heterocycles. The normalized spacial score (nSPS) is 19.7. The minimum atomic E-state index is -1.13. The highest BCUT2D eigenvalue weighted by molar-refractivity contribution is 5.93. The van der Waals surface area contributed by atoms with E-state index < -0.39 is 11.4 Å². The second-order valence-electron chi connectivity index (χ2n) is 5.03. The van der Waals surface area contributed by atoms with Gasteiger partial charge in [-0.3, -0.25) is 4.79 Å². The van der Waals surface area contributed by atoms with Crippen LogP contribution in [0, 0.1) is 11.3 Å². The van der Waals surface area contributed by atoms with Gasteiger partial charge >= 0.3 is 5.97 Å². The molecule has 1 aliphatic rings. The van der Waals surface area contributed by atoms with Gasteiger partial charge in [-0.2, -0.15) is 0 Å². The highest BCUT2D eigenvalue weighted by Gasteiger charge is 2.42. The fraction of sp³-hybridized carbons (Fsp3) is 0.857. The topological polar surface area (TPSA) is 64.6 Å². The summed E-state index contributed by atoms with van der Waals surface area (Å²) in [7, 11) is 0. The number of carbonyl (C=O) groups is 2. The number of hydrogen-bond acceptors (Lipinski definition) is 5. The van der Waals surface area contributed by atoms with E-state index in [1.807, 2.05) is 6.92 Å². The molecule has 1 saturated heterocycles. The molecule has 0 amide bonds. The van der Waals surface area contributed by atoms with Crippen LogP contribution in [0.2, 0.25) is 0 Å². The Labute approximate surface area is 115 Å². The molecule has 0 aromatic heterocycles. The maximum absolute atomic E-state index is 12.1. The van der Waals surface area contributed by atoms with Crippen LogP contribution in [0.3, 0.4) is 0 Å². The summed E-state index contributed by atoms with van der Waals surface area (Å²) >= 11 is 0. The van der Waals surface area contributed by atoms with E-state index in [1.54, 1.807) is 6.92 Å². The molecule has 1 heterocycles. The predicted octanol–water partition coefficient (Wildman–Crippen LogP) is 1.16. The summed E-state index contributed by atoms with van der Waals surface area (Å²) in [6, 6.07) is 0. The molecule has 1 rings (SSSR count). The van der Waals surface area contributed by atoms with Gasteiger partial charge in [-0.1, -0.05) is 0 Å². The van der Waals surface area contributed by atoms with Crippen molar-refractivity contribution in [2.24, 2.45) is 11.3 Å². The molecule has 110 valence electrons. The first kappa shape index (κ1) is 16.1. The lowest BCUT2D eigenvalue weighted by Gasteiger charge is -2.31. The molecule has 0 aromatic carbocycles. The molecule has 1 unspecified atom stereocenters. The van der Waals surface area contributed by atoms with Gasteiger partial charge in [0.05, 0.1) is 13.2 Å². The van der Waals surface area contributed by atoms with Gasteiger partial charge in [-0.15, -0.1) is 0 Å². The molecular formula is C14H25NO4. The van der Waals surface area contributed by atoms with E-state index in [-0.39, 0.29) is 13.2 Å². The van der Waals surface area contributed by atoms with Gasteiger partial charge in [0, 0.05) is 6.61 Å². The zero-order valence-electron chi connectivity index (χ0n) is 11.9. The summed E-state index contributed by atoms with van der Waals surface area (Å²) in [6.45, 7) is 6.38. The van der Waals surface area contributed by atoms with Crippen LogP contribution in [0.1, 0.15) is 33.1 Å². The fourth-order valence-electron chi connectivity index (χ4n) is 2.49. The number of hydrogen-bond donors (Lipinski definition) is 1. The molecule has 0 aromatic rings. The quantitative estimate of drug-likeness (QED) is 0.408. The fourth-order valence-corrected chi connectivity index (χ4v) is 2.49. The molecule has 0 spiro atoms. The summed E-state index contributed by atoms with van der Waals surface area (Å²) in [4.78, 5) is 23.7. The van der Waals surface area contributed by atoms with E-state index in [2.05, 4.69) is 5.32 Å². The van der Waals surface area contributed by atoms with Crippen molar-refractivity contribution in [1.29, 1.82) is 0 Å². The zero-order chi connectivity index (χ0) is 14.1. The van der Waals surface area contributed by atoms with Gasteiger partial charge in [0.15, 0.2) is 0 Å². The Morgan fingerprint density at radius 3 is 2.53 bits per heavy atom. The lowest BCUT2D eigenvalue weighted by Crippen LogP contribution is -2.42. The number of piperidine rings is 1. The molecule has 5 heteroatoms. The van der Waals surface area contributed by atoms with E-state index in [0.29, 0.717) is 18.9 Å². The van der Waals surface area contributed by atoms with Crippen LogP contribution >= 0.6 is 0 Å². The smallest absolute Gasteiger partial charge is 0.321 e. The SMILES string of the molecule is CCOCC(C=O)(CC1CCNCC1)C(=O)OCC. The molecule has 1 atom stereocenters. The summed E-state index contributed by atoms with van der Waals surface area (Å²) in [6.07, 6.45) is 3.22. The molecule has 0 bridgehead atoms. The Hall–Kier alpha value is -0.940. The Kier molecular flexibility index (Phi) is 7.02. The third-order valence-electron chi connectivity index (χ3n) is 3.58. The van der Waals surface area contributed by atoms with E-state index in [4.69, 9.17) is 9.47 Å². The number of nitrogens with one attached hydrogen (secondary N) is 1. The van der Waals surface area contributed by atoms with Gasteiger partial charge < -0.3 is 19.6 Å². The Bertz CT molecular complexity index is 289.